The third-order valence-corrected chi connectivity index (χ3v) is 4.37. The van der Waals surface area contributed by atoms with Gasteiger partial charge in [-0.1, -0.05) is 18.2 Å². The van der Waals surface area contributed by atoms with Gasteiger partial charge in [0.05, 0.1) is 23.6 Å². The summed E-state index contributed by atoms with van der Waals surface area (Å²) in [6, 6.07) is 9.16. The highest BCUT2D eigenvalue weighted by molar-refractivity contribution is 6.04. The summed E-state index contributed by atoms with van der Waals surface area (Å²) < 4.78 is 31.8. The van der Waals surface area contributed by atoms with Crippen molar-refractivity contribution in [2.24, 2.45) is 12.8 Å². The van der Waals surface area contributed by atoms with Gasteiger partial charge in [-0.3, -0.25) is 14.2 Å². The predicted molar refractivity (Wildman–Crippen MR) is 95.9 cm³/mol. The van der Waals surface area contributed by atoms with Crippen LogP contribution >= 0.6 is 0 Å². The monoisotopic (exact) mass is 367 g/mol. The van der Waals surface area contributed by atoms with Crippen molar-refractivity contribution < 1.29 is 13.6 Å². The first-order valence-electron chi connectivity index (χ1n) is 8.16. The third-order valence-electron chi connectivity index (χ3n) is 4.37. The van der Waals surface area contributed by atoms with E-state index in [-0.39, 0.29) is 17.6 Å². The van der Waals surface area contributed by atoms with Crippen LogP contribution in [0.5, 0.6) is 0 Å². The Hall–Kier alpha value is -3.55. The minimum atomic E-state index is -0.837. The predicted octanol–water partition coefficient (Wildman–Crippen LogP) is 2.86. The largest absolute Gasteiger partial charge is 0.364 e. The van der Waals surface area contributed by atoms with Crippen molar-refractivity contribution in [1.29, 1.82) is 0 Å². The van der Waals surface area contributed by atoms with Crippen molar-refractivity contribution in [3.8, 4) is 11.1 Å². The Morgan fingerprint density at radius 1 is 1.15 bits per heavy atom. The third kappa shape index (κ3) is 2.95. The van der Waals surface area contributed by atoms with Crippen molar-refractivity contribution in [3.63, 3.8) is 0 Å². The van der Waals surface area contributed by atoms with Crippen molar-refractivity contribution in [1.82, 2.24) is 19.6 Å². The number of amides is 1. The molecule has 2 aromatic heterocycles. The van der Waals surface area contributed by atoms with Gasteiger partial charge in [-0.25, -0.2) is 8.78 Å². The van der Waals surface area contributed by atoms with Gasteiger partial charge in [0.1, 0.15) is 11.6 Å². The van der Waals surface area contributed by atoms with Gasteiger partial charge in [0.2, 0.25) is 0 Å². The fourth-order valence-electron chi connectivity index (χ4n) is 3.07. The first-order valence-corrected chi connectivity index (χ1v) is 8.16. The van der Waals surface area contributed by atoms with E-state index in [1.54, 1.807) is 42.3 Å². The van der Waals surface area contributed by atoms with Crippen LogP contribution in [0.4, 0.5) is 8.78 Å². The minimum absolute atomic E-state index is 0.0341. The van der Waals surface area contributed by atoms with Crippen LogP contribution in [-0.2, 0) is 13.6 Å². The van der Waals surface area contributed by atoms with Gasteiger partial charge < -0.3 is 5.73 Å². The minimum Gasteiger partial charge on any atom is -0.364 e. The van der Waals surface area contributed by atoms with E-state index >= 15 is 0 Å². The molecule has 27 heavy (non-hydrogen) atoms. The molecule has 6 nitrogen and oxygen atoms in total. The maximum absolute atomic E-state index is 14.6. The summed E-state index contributed by atoms with van der Waals surface area (Å²) in [5, 5.41) is 8.21. The molecule has 2 N–H and O–H groups in total. The molecule has 0 aliphatic rings. The molecule has 0 saturated carbocycles. The SMILES string of the molecule is Cn1cc(-c2ccc(Cn3nc(C(N)=O)c4c(F)cccc43)c(F)c2)cn1. The Balaban J connectivity index is 1.74. The van der Waals surface area contributed by atoms with E-state index in [1.165, 1.54) is 22.9 Å². The van der Waals surface area contributed by atoms with E-state index in [0.29, 0.717) is 16.6 Å². The number of primary amides is 1. The number of aromatic nitrogens is 4. The second-order valence-electron chi connectivity index (χ2n) is 6.21. The molecule has 2 heterocycles. The van der Waals surface area contributed by atoms with Gasteiger partial charge in [0.25, 0.3) is 5.91 Å². The Bertz CT molecular complexity index is 1180. The first-order chi connectivity index (χ1) is 12.9. The molecule has 0 fully saturated rings. The van der Waals surface area contributed by atoms with Crippen LogP contribution in [0.25, 0.3) is 22.0 Å². The molecule has 0 aliphatic heterocycles. The molecule has 136 valence electrons. The molecule has 0 spiro atoms. The zero-order valence-corrected chi connectivity index (χ0v) is 14.4. The lowest BCUT2D eigenvalue weighted by atomic mass is 10.1. The lowest BCUT2D eigenvalue weighted by molar-refractivity contribution is 0.0996. The molecule has 8 heteroatoms. The Labute approximate surface area is 152 Å². The molecule has 1 amide bonds. The fraction of sp³-hybridized carbons (Fsp3) is 0.105. The van der Waals surface area contributed by atoms with E-state index in [1.807, 2.05) is 0 Å². The number of aryl methyl sites for hydroxylation is 1. The topological polar surface area (TPSA) is 78.7 Å². The summed E-state index contributed by atoms with van der Waals surface area (Å²) in [4.78, 5) is 11.6. The molecule has 0 atom stereocenters. The van der Waals surface area contributed by atoms with E-state index in [4.69, 9.17) is 5.73 Å². The molecule has 4 aromatic rings. The Kier molecular flexibility index (Phi) is 3.95. The van der Waals surface area contributed by atoms with Crippen LogP contribution < -0.4 is 5.73 Å². The number of carbonyl (C=O) groups is 1. The lowest BCUT2D eigenvalue weighted by Gasteiger charge is -2.07. The van der Waals surface area contributed by atoms with Crippen molar-refractivity contribution >= 4 is 16.8 Å². The molecular formula is C19H15F2N5O. The van der Waals surface area contributed by atoms with Gasteiger partial charge in [0, 0.05) is 24.4 Å². The van der Waals surface area contributed by atoms with Crippen LogP contribution in [0, 0.1) is 11.6 Å². The van der Waals surface area contributed by atoms with Gasteiger partial charge in [-0.15, -0.1) is 0 Å². The summed E-state index contributed by atoms with van der Waals surface area (Å²) in [5.74, 6) is -1.87. The summed E-state index contributed by atoms with van der Waals surface area (Å²) in [7, 11) is 1.78. The zero-order chi connectivity index (χ0) is 19.1. The van der Waals surface area contributed by atoms with E-state index in [2.05, 4.69) is 10.2 Å². The molecule has 0 bridgehead atoms. The molecule has 0 aliphatic carbocycles. The number of fused-ring (bicyclic) bond motifs is 1. The Morgan fingerprint density at radius 3 is 2.63 bits per heavy atom. The highest BCUT2D eigenvalue weighted by Crippen LogP contribution is 2.25. The van der Waals surface area contributed by atoms with Gasteiger partial charge >= 0.3 is 0 Å². The van der Waals surface area contributed by atoms with Crippen LogP contribution in [-0.4, -0.2) is 25.5 Å². The highest BCUT2D eigenvalue weighted by atomic mass is 19.1. The Morgan fingerprint density at radius 2 is 1.96 bits per heavy atom. The van der Waals surface area contributed by atoms with Gasteiger partial charge in [-0.2, -0.15) is 10.2 Å². The number of rotatable bonds is 4. The first kappa shape index (κ1) is 16.9. The summed E-state index contributed by atoms with van der Waals surface area (Å²) in [6.45, 7) is 0.0341. The quantitative estimate of drug-likeness (QED) is 0.602. The average Bonchev–Trinajstić information content (AvgIpc) is 3.22. The molecule has 2 aromatic carbocycles. The second kappa shape index (κ2) is 6.31. The average molecular weight is 367 g/mol. The number of nitrogens with two attached hydrogens (primary N) is 1. The van der Waals surface area contributed by atoms with Crippen LogP contribution in [0.15, 0.2) is 48.8 Å². The summed E-state index contributed by atoms with van der Waals surface area (Å²) in [5.41, 5.74) is 7.36. The lowest BCUT2D eigenvalue weighted by Crippen LogP contribution is -2.13. The number of benzene rings is 2. The molecule has 0 radical (unpaired) electrons. The van der Waals surface area contributed by atoms with E-state index in [9.17, 15) is 13.6 Å². The molecule has 0 saturated heterocycles. The fourth-order valence-corrected chi connectivity index (χ4v) is 3.07. The number of nitrogens with zero attached hydrogens (tertiary/aromatic N) is 4. The van der Waals surface area contributed by atoms with Crippen molar-refractivity contribution in [2.45, 2.75) is 6.54 Å². The van der Waals surface area contributed by atoms with Gasteiger partial charge in [0.15, 0.2) is 5.69 Å². The summed E-state index contributed by atoms with van der Waals surface area (Å²) >= 11 is 0. The van der Waals surface area contributed by atoms with Gasteiger partial charge in [-0.05, 0) is 23.8 Å². The van der Waals surface area contributed by atoms with E-state index in [0.717, 1.165) is 5.56 Å². The smallest absolute Gasteiger partial charge is 0.269 e. The van der Waals surface area contributed by atoms with Crippen LogP contribution in [0.1, 0.15) is 16.1 Å². The maximum atomic E-state index is 14.6. The zero-order valence-electron chi connectivity index (χ0n) is 14.4. The van der Waals surface area contributed by atoms with Crippen molar-refractivity contribution in [2.75, 3.05) is 0 Å². The molecule has 0 unspecified atom stereocenters. The number of hydrogen-bond acceptors (Lipinski definition) is 3. The van der Waals surface area contributed by atoms with Crippen LogP contribution in [0.2, 0.25) is 0 Å². The molecule has 4 rings (SSSR count). The van der Waals surface area contributed by atoms with Crippen molar-refractivity contribution in [3.05, 3.63) is 71.7 Å². The summed E-state index contributed by atoms with van der Waals surface area (Å²) in [6.07, 6.45) is 3.44. The number of hydrogen-bond donors (Lipinski definition) is 1. The maximum Gasteiger partial charge on any atom is 0.269 e. The van der Waals surface area contributed by atoms with Crippen LogP contribution in [0.3, 0.4) is 0 Å². The highest BCUT2D eigenvalue weighted by Gasteiger charge is 2.19. The molecular weight excluding hydrogens is 352 g/mol. The number of halogens is 2. The normalized spacial score (nSPS) is 11.2. The second-order valence-corrected chi connectivity index (χ2v) is 6.21. The standard InChI is InChI=1S/C19H15F2N5O/c1-25-9-13(8-23-25)11-5-6-12(15(21)7-11)10-26-16-4-2-3-14(20)17(16)18(24-26)19(22)27/h2-9H,10H2,1H3,(H2,22,27). The van der Waals surface area contributed by atoms with E-state index < -0.39 is 17.5 Å². The number of carbonyl (C=O) groups excluding carboxylic acids is 1.